The Balaban J connectivity index is 2.04. The zero-order valence-electron chi connectivity index (χ0n) is 8.52. The van der Waals surface area contributed by atoms with Crippen molar-refractivity contribution in [2.45, 2.75) is 44.1 Å². The number of rotatable bonds is 1. The molecule has 0 aromatic heterocycles. The minimum atomic E-state index is -0.0521. The zero-order chi connectivity index (χ0) is 9.80. The van der Waals surface area contributed by atoms with E-state index in [0.29, 0.717) is 5.92 Å². The molecule has 0 saturated heterocycles. The van der Waals surface area contributed by atoms with Crippen molar-refractivity contribution in [3.05, 3.63) is 35.9 Å². The Morgan fingerprint density at radius 3 is 2.50 bits per heavy atom. The van der Waals surface area contributed by atoms with E-state index in [9.17, 15) is 5.11 Å². The predicted octanol–water partition coefficient (Wildman–Crippen LogP) is 3.10. The lowest BCUT2D eigenvalue weighted by atomic mass is 9.92. The quantitative estimate of drug-likeness (QED) is 0.675. The highest BCUT2D eigenvalue weighted by Gasteiger charge is 2.17. The summed E-state index contributed by atoms with van der Waals surface area (Å²) in [6.45, 7) is 0. The maximum Gasteiger partial charge on any atom is 0.0540 e. The van der Waals surface area contributed by atoms with Gasteiger partial charge in [-0.05, 0) is 37.2 Å². The Hall–Kier alpha value is -0.820. The van der Waals surface area contributed by atoms with Gasteiger partial charge in [-0.2, -0.15) is 0 Å². The molecule has 1 aliphatic rings. The molecular formula is C13H18O. The average molecular weight is 190 g/mol. The van der Waals surface area contributed by atoms with Crippen LogP contribution >= 0.6 is 0 Å². The first-order chi connectivity index (χ1) is 6.86. The molecule has 76 valence electrons. The molecule has 1 aromatic carbocycles. The van der Waals surface area contributed by atoms with Crippen molar-refractivity contribution in [2.75, 3.05) is 0 Å². The van der Waals surface area contributed by atoms with Crippen LogP contribution in [0.4, 0.5) is 0 Å². The fraction of sp³-hybridized carbons (Fsp3) is 0.538. The predicted molar refractivity (Wildman–Crippen MR) is 58.3 cm³/mol. The summed E-state index contributed by atoms with van der Waals surface area (Å²) in [6, 6.07) is 10.7. The molecule has 0 radical (unpaired) electrons. The Morgan fingerprint density at radius 2 is 1.71 bits per heavy atom. The third-order valence-electron chi connectivity index (χ3n) is 3.21. The lowest BCUT2D eigenvalue weighted by Crippen LogP contribution is -2.03. The number of hydrogen-bond donors (Lipinski definition) is 1. The highest BCUT2D eigenvalue weighted by molar-refractivity contribution is 5.19. The lowest BCUT2D eigenvalue weighted by molar-refractivity contribution is 0.157. The van der Waals surface area contributed by atoms with Gasteiger partial charge in [0.15, 0.2) is 0 Å². The fourth-order valence-electron chi connectivity index (χ4n) is 2.34. The summed E-state index contributed by atoms with van der Waals surface area (Å²) >= 11 is 0. The van der Waals surface area contributed by atoms with Crippen molar-refractivity contribution in [1.29, 1.82) is 0 Å². The lowest BCUT2D eigenvalue weighted by Gasteiger charge is -2.13. The first-order valence-electron chi connectivity index (χ1n) is 5.59. The van der Waals surface area contributed by atoms with Crippen LogP contribution in [-0.4, -0.2) is 11.2 Å². The molecule has 0 heterocycles. The molecule has 2 rings (SSSR count). The summed E-state index contributed by atoms with van der Waals surface area (Å²) < 4.78 is 0. The Kier molecular flexibility index (Phi) is 3.20. The first-order valence-corrected chi connectivity index (χ1v) is 5.59. The van der Waals surface area contributed by atoms with Crippen LogP contribution in [0, 0.1) is 0 Å². The molecular weight excluding hydrogens is 172 g/mol. The van der Waals surface area contributed by atoms with Crippen LogP contribution in [0.15, 0.2) is 30.3 Å². The van der Waals surface area contributed by atoms with Crippen molar-refractivity contribution >= 4 is 0 Å². The molecule has 1 aliphatic carbocycles. The molecule has 0 aliphatic heterocycles. The summed E-state index contributed by atoms with van der Waals surface area (Å²) in [7, 11) is 0. The van der Waals surface area contributed by atoms with E-state index in [0.717, 1.165) is 19.3 Å². The molecule has 1 aromatic rings. The third-order valence-corrected chi connectivity index (χ3v) is 3.21. The molecule has 0 unspecified atom stereocenters. The van der Waals surface area contributed by atoms with Crippen molar-refractivity contribution in [2.24, 2.45) is 0 Å². The number of aliphatic hydroxyl groups is 1. The van der Waals surface area contributed by atoms with E-state index in [1.54, 1.807) is 0 Å². The van der Waals surface area contributed by atoms with Crippen molar-refractivity contribution < 1.29 is 5.11 Å². The number of aliphatic hydroxyl groups excluding tert-OH is 1. The fourth-order valence-corrected chi connectivity index (χ4v) is 2.34. The standard InChI is InChI=1S/C13H18O/c14-13-8-4-7-12(9-10-13)11-5-2-1-3-6-11/h1-3,5-6,12-14H,4,7-10H2/t12-,13-/m1/s1. The minimum Gasteiger partial charge on any atom is -0.393 e. The van der Waals surface area contributed by atoms with Gasteiger partial charge >= 0.3 is 0 Å². The monoisotopic (exact) mass is 190 g/mol. The van der Waals surface area contributed by atoms with Crippen LogP contribution in [0.3, 0.4) is 0 Å². The SMILES string of the molecule is O[C@@H]1CCC[C@@H](c2ccccc2)CC1. The van der Waals surface area contributed by atoms with Gasteiger partial charge in [0.05, 0.1) is 6.10 Å². The maximum atomic E-state index is 9.55. The largest absolute Gasteiger partial charge is 0.393 e. The maximum absolute atomic E-state index is 9.55. The molecule has 0 bridgehead atoms. The van der Waals surface area contributed by atoms with E-state index in [4.69, 9.17) is 0 Å². The average Bonchev–Trinajstić information content (AvgIpc) is 2.44. The summed E-state index contributed by atoms with van der Waals surface area (Å²) in [6.07, 6.45) is 5.46. The zero-order valence-corrected chi connectivity index (χ0v) is 8.52. The van der Waals surface area contributed by atoms with Crippen molar-refractivity contribution in [3.63, 3.8) is 0 Å². The molecule has 1 N–H and O–H groups in total. The van der Waals surface area contributed by atoms with Crippen molar-refractivity contribution in [3.8, 4) is 0 Å². The van der Waals surface area contributed by atoms with E-state index in [-0.39, 0.29) is 6.10 Å². The molecule has 14 heavy (non-hydrogen) atoms. The highest BCUT2D eigenvalue weighted by atomic mass is 16.3. The van der Waals surface area contributed by atoms with Crippen LogP contribution < -0.4 is 0 Å². The Labute approximate surface area is 85.8 Å². The molecule has 2 atom stereocenters. The highest BCUT2D eigenvalue weighted by Crippen LogP contribution is 2.31. The second kappa shape index (κ2) is 4.61. The van der Waals surface area contributed by atoms with Gasteiger partial charge in [-0.1, -0.05) is 36.8 Å². The molecule has 1 fully saturated rings. The van der Waals surface area contributed by atoms with Gasteiger partial charge < -0.3 is 5.11 Å². The Bertz CT molecular complexity index is 268. The molecule has 1 heteroatoms. The molecule has 1 nitrogen and oxygen atoms in total. The molecule has 0 amide bonds. The number of hydrogen-bond acceptors (Lipinski definition) is 1. The summed E-state index contributed by atoms with van der Waals surface area (Å²) in [5.74, 6) is 0.674. The molecule has 0 spiro atoms. The Morgan fingerprint density at radius 1 is 0.929 bits per heavy atom. The second-order valence-corrected chi connectivity index (χ2v) is 4.27. The van der Waals surface area contributed by atoms with Crippen LogP contribution in [-0.2, 0) is 0 Å². The van der Waals surface area contributed by atoms with Gasteiger partial charge in [-0.15, -0.1) is 0 Å². The topological polar surface area (TPSA) is 20.2 Å². The van der Waals surface area contributed by atoms with Crippen LogP contribution in [0.25, 0.3) is 0 Å². The van der Waals surface area contributed by atoms with E-state index >= 15 is 0 Å². The van der Waals surface area contributed by atoms with Gasteiger partial charge in [-0.25, -0.2) is 0 Å². The van der Waals surface area contributed by atoms with Crippen LogP contribution in [0.5, 0.6) is 0 Å². The van der Waals surface area contributed by atoms with Crippen LogP contribution in [0.2, 0.25) is 0 Å². The van der Waals surface area contributed by atoms with E-state index in [2.05, 4.69) is 30.3 Å². The third kappa shape index (κ3) is 2.36. The summed E-state index contributed by atoms with van der Waals surface area (Å²) in [4.78, 5) is 0. The van der Waals surface area contributed by atoms with E-state index < -0.39 is 0 Å². The summed E-state index contributed by atoms with van der Waals surface area (Å²) in [5, 5.41) is 9.55. The molecule has 1 saturated carbocycles. The smallest absolute Gasteiger partial charge is 0.0540 e. The van der Waals surface area contributed by atoms with Crippen molar-refractivity contribution in [1.82, 2.24) is 0 Å². The second-order valence-electron chi connectivity index (χ2n) is 4.27. The normalized spacial score (nSPS) is 28.4. The summed E-state index contributed by atoms with van der Waals surface area (Å²) in [5.41, 5.74) is 1.45. The minimum absolute atomic E-state index is 0.0521. The van der Waals surface area contributed by atoms with Gasteiger partial charge in [-0.3, -0.25) is 0 Å². The van der Waals surface area contributed by atoms with Gasteiger partial charge in [0.2, 0.25) is 0 Å². The first kappa shape index (κ1) is 9.72. The van der Waals surface area contributed by atoms with E-state index in [1.165, 1.54) is 18.4 Å². The number of benzene rings is 1. The van der Waals surface area contributed by atoms with Gasteiger partial charge in [0.1, 0.15) is 0 Å². The van der Waals surface area contributed by atoms with Gasteiger partial charge in [0.25, 0.3) is 0 Å². The van der Waals surface area contributed by atoms with Gasteiger partial charge in [0, 0.05) is 0 Å². The van der Waals surface area contributed by atoms with E-state index in [1.807, 2.05) is 0 Å². The van der Waals surface area contributed by atoms with Crippen LogP contribution in [0.1, 0.15) is 43.6 Å².